The minimum Gasteiger partial charge on any atom is -0.346 e. The van der Waals surface area contributed by atoms with Crippen molar-refractivity contribution in [3.63, 3.8) is 0 Å². The van der Waals surface area contributed by atoms with Crippen LogP contribution in [0.3, 0.4) is 0 Å². The van der Waals surface area contributed by atoms with Gasteiger partial charge in [-0.2, -0.15) is 0 Å². The fraction of sp³-hybridized carbons (Fsp3) is 0.333. The second-order valence-corrected chi connectivity index (χ2v) is 11.2. The van der Waals surface area contributed by atoms with E-state index in [1.807, 2.05) is 12.1 Å². The maximum atomic E-state index is 15.5. The number of H-pyrrole nitrogens is 1. The summed E-state index contributed by atoms with van der Waals surface area (Å²) in [6.07, 6.45) is 11.8. The van der Waals surface area contributed by atoms with E-state index in [0.29, 0.717) is 24.6 Å². The topological polar surface area (TPSA) is 92.7 Å². The van der Waals surface area contributed by atoms with E-state index < -0.39 is 17.4 Å². The van der Waals surface area contributed by atoms with Crippen LogP contribution in [-0.4, -0.2) is 31.0 Å². The molecule has 0 unspecified atom stereocenters. The molecule has 2 saturated carbocycles. The molecule has 3 aliphatic rings. The van der Waals surface area contributed by atoms with Gasteiger partial charge in [-0.05, 0) is 55.4 Å². The van der Waals surface area contributed by atoms with Gasteiger partial charge in [0.2, 0.25) is 0 Å². The normalized spacial score (nSPS) is 17.7. The maximum absolute atomic E-state index is 15.5. The molecule has 1 aliphatic heterocycles. The van der Waals surface area contributed by atoms with Gasteiger partial charge in [0, 0.05) is 46.9 Å². The number of carbonyl (C=O) groups is 1. The predicted octanol–water partition coefficient (Wildman–Crippen LogP) is 5.94. The molecule has 3 aromatic heterocycles. The Morgan fingerprint density at radius 1 is 1.13 bits per heavy atom. The first-order valence-electron chi connectivity index (χ1n) is 12.9. The van der Waals surface area contributed by atoms with E-state index in [-0.39, 0.29) is 40.6 Å². The van der Waals surface area contributed by atoms with Gasteiger partial charge >= 0.3 is 0 Å². The van der Waals surface area contributed by atoms with Gasteiger partial charge in [0.25, 0.3) is 11.5 Å². The van der Waals surface area contributed by atoms with E-state index >= 15 is 4.39 Å². The number of carbonyl (C=O) groups excluding carboxylic acids is 1. The molecule has 0 radical (unpaired) electrons. The molecular formula is C30H29ClFN5O2. The first-order chi connectivity index (χ1) is 18.4. The van der Waals surface area contributed by atoms with Gasteiger partial charge in [0.1, 0.15) is 11.6 Å². The second kappa shape index (κ2) is 9.45. The van der Waals surface area contributed by atoms with Crippen LogP contribution in [0.2, 0.25) is 5.02 Å². The third kappa shape index (κ3) is 4.56. The average molecular weight is 546 g/mol. The smallest absolute Gasteiger partial charge is 0.253 e. The number of nitrogens with zero attached hydrogens (tertiary/aromatic N) is 3. The molecule has 2 fully saturated rings. The summed E-state index contributed by atoms with van der Waals surface area (Å²) >= 11 is 6.17. The molecule has 1 aromatic carbocycles. The molecule has 1 atom stereocenters. The van der Waals surface area contributed by atoms with Gasteiger partial charge in [0.15, 0.2) is 0 Å². The highest BCUT2D eigenvalue weighted by atomic mass is 35.5. The predicted molar refractivity (Wildman–Crippen MR) is 148 cm³/mol. The van der Waals surface area contributed by atoms with Crippen LogP contribution < -0.4 is 10.9 Å². The molecule has 39 heavy (non-hydrogen) atoms. The standard InChI is InChI=1S/C29H25ClFN5O2.CH4/c30-21-4-3-18-13-29(7-8-29)35-28(38)20-15-36(24(37)12-19(20)25(18)26(21)31)23(11-16-1-2-16)27-33-14-22(34-27)17-5-9-32-10-6-17;/h3-6,9-10,12,14-16,23H,1-2,7-8,11,13H2,(H,33,34)(H,35,38);1H4/t23-;/m1./s1. The second-order valence-electron chi connectivity index (χ2n) is 10.8. The van der Waals surface area contributed by atoms with Crippen LogP contribution in [0.15, 0.2) is 59.9 Å². The van der Waals surface area contributed by atoms with Crippen LogP contribution in [-0.2, 0) is 6.42 Å². The number of fused-ring (bicyclic) bond motifs is 3. The molecule has 9 heteroatoms. The third-order valence-corrected chi connectivity index (χ3v) is 8.32. The Bertz CT molecular complexity index is 1640. The van der Waals surface area contributed by atoms with Crippen molar-refractivity contribution in [1.29, 1.82) is 0 Å². The Balaban J connectivity index is 0.00000277. The minimum atomic E-state index is -0.601. The number of rotatable bonds is 5. The van der Waals surface area contributed by atoms with Crippen molar-refractivity contribution < 1.29 is 9.18 Å². The van der Waals surface area contributed by atoms with Gasteiger partial charge < -0.3 is 14.9 Å². The highest BCUT2D eigenvalue weighted by Gasteiger charge is 2.46. The van der Waals surface area contributed by atoms with Crippen molar-refractivity contribution in [3.8, 4) is 22.4 Å². The number of aromatic nitrogens is 4. The monoisotopic (exact) mass is 545 g/mol. The molecule has 0 saturated heterocycles. The first-order valence-corrected chi connectivity index (χ1v) is 13.3. The number of nitrogens with one attached hydrogen (secondary N) is 2. The molecule has 2 N–H and O–H groups in total. The number of hydrogen-bond donors (Lipinski definition) is 2. The lowest BCUT2D eigenvalue weighted by Gasteiger charge is -2.26. The Morgan fingerprint density at radius 2 is 1.90 bits per heavy atom. The third-order valence-electron chi connectivity index (χ3n) is 8.03. The van der Waals surface area contributed by atoms with Crippen molar-refractivity contribution in [3.05, 3.63) is 93.3 Å². The van der Waals surface area contributed by atoms with E-state index in [9.17, 15) is 9.59 Å². The zero-order valence-electron chi connectivity index (χ0n) is 20.5. The van der Waals surface area contributed by atoms with Crippen LogP contribution >= 0.6 is 11.6 Å². The number of imidazole rings is 1. The van der Waals surface area contributed by atoms with Gasteiger partial charge in [-0.1, -0.05) is 37.9 Å². The van der Waals surface area contributed by atoms with E-state index in [4.69, 9.17) is 11.6 Å². The lowest BCUT2D eigenvalue weighted by atomic mass is 9.89. The number of halogens is 2. The highest BCUT2D eigenvalue weighted by Crippen LogP contribution is 2.45. The summed E-state index contributed by atoms with van der Waals surface area (Å²) in [7, 11) is 0. The molecule has 4 aromatic rings. The van der Waals surface area contributed by atoms with E-state index in [1.54, 1.807) is 41.5 Å². The van der Waals surface area contributed by atoms with Gasteiger partial charge in [-0.3, -0.25) is 14.6 Å². The summed E-state index contributed by atoms with van der Waals surface area (Å²) in [5.41, 5.74) is 2.57. The largest absolute Gasteiger partial charge is 0.346 e. The minimum absolute atomic E-state index is 0. The van der Waals surface area contributed by atoms with Crippen LogP contribution in [0, 0.1) is 11.7 Å². The summed E-state index contributed by atoms with van der Waals surface area (Å²) in [6, 6.07) is 8.10. The number of hydrogen-bond acceptors (Lipinski definition) is 4. The Labute approximate surface area is 230 Å². The molecule has 1 spiro atoms. The molecule has 1 amide bonds. The molecule has 200 valence electrons. The lowest BCUT2D eigenvalue weighted by molar-refractivity contribution is 0.0930. The highest BCUT2D eigenvalue weighted by molar-refractivity contribution is 6.31. The first kappa shape index (κ1) is 25.5. The number of aromatic amines is 1. The van der Waals surface area contributed by atoms with Crippen LogP contribution in [0.4, 0.5) is 4.39 Å². The fourth-order valence-electron chi connectivity index (χ4n) is 5.59. The van der Waals surface area contributed by atoms with Crippen molar-refractivity contribution in [1.82, 2.24) is 24.8 Å². The van der Waals surface area contributed by atoms with E-state index in [0.717, 1.165) is 42.5 Å². The fourth-order valence-corrected chi connectivity index (χ4v) is 5.75. The lowest BCUT2D eigenvalue weighted by Crippen LogP contribution is -2.41. The Kier molecular flexibility index (Phi) is 6.18. The van der Waals surface area contributed by atoms with Gasteiger partial charge in [-0.25, -0.2) is 9.37 Å². The number of benzene rings is 1. The number of amides is 1. The maximum Gasteiger partial charge on any atom is 0.253 e. The van der Waals surface area contributed by atoms with Crippen molar-refractivity contribution in [2.45, 2.75) is 57.5 Å². The zero-order chi connectivity index (χ0) is 26.0. The van der Waals surface area contributed by atoms with Crippen LogP contribution in [0.25, 0.3) is 22.4 Å². The van der Waals surface area contributed by atoms with Gasteiger partial charge in [0.05, 0.1) is 28.5 Å². The molecule has 7 nitrogen and oxygen atoms in total. The number of pyridine rings is 2. The molecule has 7 rings (SSSR count). The van der Waals surface area contributed by atoms with Crippen LogP contribution in [0.1, 0.15) is 67.3 Å². The van der Waals surface area contributed by atoms with Crippen molar-refractivity contribution in [2.75, 3.05) is 0 Å². The van der Waals surface area contributed by atoms with E-state index in [1.165, 1.54) is 6.07 Å². The molecule has 2 aliphatic carbocycles. The SMILES string of the molecule is C.O=C1NC2(CC2)Cc2ccc(Cl)c(F)c2-c2cc(=O)n([C@H](CC3CC3)c3ncc(-c4ccncc4)[nH]3)cc21. The Morgan fingerprint density at radius 3 is 2.62 bits per heavy atom. The molecule has 0 bridgehead atoms. The van der Waals surface area contributed by atoms with Crippen LogP contribution in [0.5, 0.6) is 0 Å². The van der Waals surface area contributed by atoms with E-state index in [2.05, 4.69) is 20.3 Å². The summed E-state index contributed by atoms with van der Waals surface area (Å²) in [4.78, 5) is 39.3. The summed E-state index contributed by atoms with van der Waals surface area (Å²) in [6.45, 7) is 0. The van der Waals surface area contributed by atoms with Gasteiger partial charge in [-0.15, -0.1) is 0 Å². The summed E-state index contributed by atoms with van der Waals surface area (Å²) in [5, 5.41) is 3.13. The Hall–Kier alpha value is -3.78. The summed E-state index contributed by atoms with van der Waals surface area (Å²) < 4.78 is 17.1. The zero-order valence-corrected chi connectivity index (χ0v) is 21.3. The van der Waals surface area contributed by atoms with Crippen molar-refractivity contribution >= 4 is 17.5 Å². The quantitative estimate of drug-likeness (QED) is 0.325. The molecule has 4 heterocycles. The van der Waals surface area contributed by atoms with Crippen molar-refractivity contribution in [2.24, 2.45) is 5.92 Å². The average Bonchev–Trinajstić information content (AvgIpc) is 3.83. The summed E-state index contributed by atoms with van der Waals surface area (Å²) in [5.74, 6) is 0.211. The molecular weight excluding hydrogens is 517 g/mol.